The maximum Gasteiger partial charge on any atom is 0.491 e. The molecule has 220 valence electrons. The molecular weight excluding hydrogens is 557 g/mol. The van der Waals surface area contributed by atoms with Crippen molar-refractivity contribution >= 4 is 23.7 Å². The van der Waals surface area contributed by atoms with Gasteiger partial charge in [0.05, 0.1) is 13.0 Å². The van der Waals surface area contributed by atoms with Crippen molar-refractivity contribution in [3.05, 3.63) is 87.8 Å². The largest absolute Gasteiger partial charge is 0.491 e. The third-order valence-electron chi connectivity index (χ3n) is 7.02. The zero-order valence-electron chi connectivity index (χ0n) is 22.4. The van der Waals surface area contributed by atoms with Crippen molar-refractivity contribution in [2.75, 3.05) is 13.7 Å². The number of H-pyrrole nitrogens is 1. The number of aromatic amines is 1. The second-order valence-electron chi connectivity index (χ2n) is 9.68. The predicted octanol–water partition coefficient (Wildman–Crippen LogP) is 3.43. The second-order valence-corrected chi connectivity index (χ2v) is 9.68. The van der Waals surface area contributed by atoms with E-state index in [0.717, 1.165) is 24.3 Å². The highest BCUT2D eigenvalue weighted by Crippen LogP contribution is 2.33. The molecule has 1 unspecified atom stereocenters. The van der Waals surface area contributed by atoms with Gasteiger partial charge in [0.15, 0.2) is 0 Å². The normalized spacial score (nSPS) is 15.6. The summed E-state index contributed by atoms with van der Waals surface area (Å²) < 4.78 is 48.4. The van der Waals surface area contributed by atoms with Gasteiger partial charge in [-0.1, -0.05) is 12.1 Å². The van der Waals surface area contributed by atoms with Gasteiger partial charge >= 0.3 is 18.1 Å². The van der Waals surface area contributed by atoms with Gasteiger partial charge in [0.1, 0.15) is 11.6 Å². The van der Waals surface area contributed by atoms with Gasteiger partial charge in [-0.3, -0.25) is 19.8 Å². The summed E-state index contributed by atoms with van der Waals surface area (Å²) in [5, 5.41) is 7.71. The maximum atomic E-state index is 13.6. The summed E-state index contributed by atoms with van der Waals surface area (Å²) in [6, 6.07) is 12.6. The van der Waals surface area contributed by atoms with Gasteiger partial charge in [-0.05, 0) is 72.4 Å². The van der Waals surface area contributed by atoms with E-state index in [9.17, 15) is 32.3 Å². The summed E-state index contributed by atoms with van der Waals surface area (Å²) in [4.78, 5) is 53.6. The van der Waals surface area contributed by atoms with Gasteiger partial charge in [-0.25, -0.2) is 4.79 Å². The summed E-state index contributed by atoms with van der Waals surface area (Å²) in [6.07, 6.45) is -3.00. The van der Waals surface area contributed by atoms with E-state index in [2.05, 4.69) is 9.72 Å². The molecule has 2 aromatic carbocycles. The number of esters is 2. The highest BCUT2D eigenvalue weighted by atomic mass is 19.4. The highest BCUT2D eigenvalue weighted by Gasteiger charge is 2.43. The van der Waals surface area contributed by atoms with Crippen LogP contribution in [-0.4, -0.2) is 59.4 Å². The van der Waals surface area contributed by atoms with Crippen molar-refractivity contribution in [2.45, 2.75) is 31.5 Å². The fraction of sp³-hybridized carbons (Fsp3) is 0.276. The molecule has 2 heterocycles. The van der Waals surface area contributed by atoms with Crippen LogP contribution >= 0.6 is 0 Å². The van der Waals surface area contributed by atoms with E-state index in [0.29, 0.717) is 24.9 Å². The number of carbonyl (C=O) groups excluding carboxylic acids is 3. The van der Waals surface area contributed by atoms with Crippen LogP contribution in [-0.2, 0) is 20.7 Å². The lowest BCUT2D eigenvalue weighted by molar-refractivity contribution is -0.189. The molecule has 3 aromatic rings. The Labute approximate surface area is 237 Å². The molecule has 0 radical (unpaired) electrons. The molecule has 4 rings (SSSR count). The fourth-order valence-corrected chi connectivity index (χ4v) is 4.95. The van der Waals surface area contributed by atoms with E-state index < -0.39 is 35.8 Å². The molecule has 42 heavy (non-hydrogen) atoms. The molecule has 2 atom stereocenters. The van der Waals surface area contributed by atoms with Crippen molar-refractivity contribution in [3.8, 4) is 16.9 Å². The number of pyridine rings is 1. The smallest absolute Gasteiger partial charge is 0.469 e. The molecule has 0 spiro atoms. The minimum absolute atomic E-state index is 0.0141. The van der Waals surface area contributed by atoms with Crippen LogP contribution in [0.4, 0.5) is 13.2 Å². The third kappa shape index (κ3) is 6.67. The van der Waals surface area contributed by atoms with Gasteiger partial charge in [0.25, 0.3) is 5.91 Å². The van der Waals surface area contributed by atoms with Crippen molar-refractivity contribution in [1.29, 1.82) is 5.41 Å². The molecule has 1 aliphatic rings. The first-order valence-electron chi connectivity index (χ1n) is 12.8. The molecule has 1 aromatic heterocycles. The Kier molecular flexibility index (Phi) is 8.79. The number of alkyl halides is 3. The number of nitrogens with one attached hydrogen (secondary N) is 2. The number of nitrogens with zero attached hydrogens (tertiary/aromatic N) is 1. The monoisotopic (exact) mass is 584 g/mol. The Morgan fingerprint density at radius 2 is 1.74 bits per heavy atom. The van der Waals surface area contributed by atoms with Crippen LogP contribution in [0, 0.1) is 11.3 Å². The first-order valence-corrected chi connectivity index (χ1v) is 12.8. The molecule has 0 saturated carbocycles. The quantitative estimate of drug-likeness (QED) is 0.159. The van der Waals surface area contributed by atoms with Crippen LogP contribution in [0.2, 0.25) is 0 Å². The summed E-state index contributed by atoms with van der Waals surface area (Å²) in [5.41, 5.74) is 7.32. The number of hydrogen-bond donors (Lipinski definition) is 3. The van der Waals surface area contributed by atoms with Crippen LogP contribution < -0.4 is 16.0 Å². The molecule has 10 nitrogen and oxygen atoms in total. The van der Waals surface area contributed by atoms with E-state index in [-0.39, 0.29) is 34.8 Å². The van der Waals surface area contributed by atoms with Crippen LogP contribution in [0.1, 0.15) is 34.3 Å². The number of amides is 1. The van der Waals surface area contributed by atoms with E-state index in [4.69, 9.17) is 15.9 Å². The van der Waals surface area contributed by atoms with E-state index in [1.165, 1.54) is 23.1 Å². The zero-order chi connectivity index (χ0) is 30.6. The molecule has 13 heteroatoms. The first kappa shape index (κ1) is 30.0. The molecule has 1 amide bonds. The Morgan fingerprint density at radius 1 is 1.07 bits per heavy atom. The number of halogens is 3. The average Bonchev–Trinajstić information content (AvgIpc) is 3.45. The van der Waals surface area contributed by atoms with E-state index >= 15 is 0 Å². The lowest BCUT2D eigenvalue weighted by atomic mass is 9.89. The highest BCUT2D eigenvalue weighted by molar-refractivity contribution is 5.96. The van der Waals surface area contributed by atoms with Crippen LogP contribution in [0.15, 0.2) is 65.6 Å². The van der Waals surface area contributed by atoms with Gasteiger partial charge in [-0.15, -0.1) is 0 Å². The number of likely N-dealkylation sites (tertiary alicyclic amines) is 1. The van der Waals surface area contributed by atoms with Gasteiger partial charge in [0, 0.05) is 36.0 Å². The van der Waals surface area contributed by atoms with Crippen LogP contribution in [0.25, 0.3) is 11.1 Å². The number of benzene rings is 2. The van der Waals surface area contributed by atoms with Crippen LogP contribution in [0.3, 0.4) is 0 Å². The minimum Gasteiger partial charge on any atom is -0.469 e. The summed E-state index contributed by atoms with van der Waals surface area (Å²) >= 11 is 0. The number of carbonyl (C=O) groups is 3. The summed E-state index contributed by atoms with van der Waals surface area (Å²) in [7, 11) is 1.16. The molecular formula is C29H27F3N4O6. The van der Waals surface area contributed by atoms with Gasteiger partial charge in [0.2, 0.25) is 5.56 Å². The number of methoxy groups -OCH3 is 1. The third-order valence-corrected chi connectivity index (χ3v) is 7.02. The fourth-order valence-electron chi connectivity index (χ4n) is 4.95. The van der Waals surface area contributed by atoms with Crippen LogP contribution in [0.5, 0.6) is 5.75 Å². The first-order chi connectivity index (χ1) is 19.9. The number of ether oxygens (including phenoxy) is 2. The molecule has 1 aliphatic heterocycles. The predicted molar refractivity (Wildman–Crippen MR) is 145 cm³/mol. The van der Waals surface area contributed by atoms with E-state index in [1.54, 1.807) is 36.5 Å². The summed E-state index contributed by atoms with van der Waals surface area (Å²) in [6.45, 7) is 0.321. The number of rotatable bonds is 8. The second kappa shape index (κ2) is 12.3. The lowest BCUT2D eigenvalue weighted by Gasteiger charge is -2.31. The van der Waals surface area contributed by atoms with Crippen molar-refractivity contribution in [3.63, 3.8) is 0 Å². The van der Waals surface area contributed by atoms with Gasteiger partial charge in [-0.2, -0.15) is 13.2 Å². The van der Waals surface area contributed by atoms with E-state index in [1.807, 2.05) is 0 Å². The number of nitrogen functional groups attached to an aromatic ring is 1. The number of amidine groups is 1. The molecule has 1 fully saturated rings. The van der Waals surface area contributed by atoms with Crippen molar-refractivity contribution in [2.24, 2.45) is 11.7 Å². The maximum absolute atomic E-state index is 13.6. The standard InChI is InChI=1S/C29H27F3N4O6/c1-41-27(39)21(14-20-13-18(25(33)34)8-10-23(20)42-28(40)29(30,31)32)22-3-2-12-36(22)26(38)17-6-4-16(5-7-17)19-9-11-24(37)35-15-19/h4-11,13,15,21-22H,2-3,12,14H2,1H3,(H3,33,34)(H,35,37)/t21-,22?/m1/s1. The number of hydrogen-bond acceptors (Lipinski definition) is 7. The molecule has 0 bridgehead atoms. The lowest BCUT2D eigenvalue weighted by Crippen LogP contribution is -2.44. The van der Waals surface area contributed by atoms with Gasteiger partial charge < -0.3 is 25.1 Å². The minimum atomic E-state index is -5.26. The molecule has 0 aliphatic carbocycles. The Morgan fingerprint density at radius 3 is 2.33 bits per heavy atom. The molecule has 1 saturated heterocycles. The Hall–Kier alpha value is -4.94. The van der Waals surface area contributed by atoms with Crippen molar-refractivity contribution < 1.29 is 37.0 Å². The summed E-state index contributed by atoms with van der Waals surface area (Å²) in [5.74, 6) is -5.40. The van der Waals surface area contributed by atoms with Crippen molar-refractivity contribution in [1.82, 2.24) is 9.88 Å². The zero-order valence-corrected chi connectivity index (χ0v) is 22.4. The number of nitrogens with two attached hydrogens (primary N) is 1. The topological polar surface area (TPSA) is 156 Å². The molecule has 4 N–H and O–H groups in total. The number of aromatic nitrogens is 1. The Bertz CT molecular complexity index is 1550. The SMILES string of the molecule is COC(=O)[C@H](Cc1cc(C(=N)N)ccc1OC(=O)C(F)(F)F)C1CCCN1C(=O)c1ccc(-c2ccc(=O)[nH]c2)cc1. The Balaban J connectivity index is 1.63. The average molecular weight is 585 g/mol.